The summed E-state index contributed by atoms with van der Waals surface area (Å²) < 4.78 is 10.9. The highest BCUT2D eigenvalue weighted by atomic mass is 32.2. The summed E-state index contributed by atoms with van der Waals surface area (Å²) in [5.74, 6) is 2.70. The van der Waals surface area contributed by atoms with E-state index in [2.05, 4.69) is 18.5 Å². The molecule has 17 heavy (non-hydrogen) atoms. The Morgan fingerprint density at radius 2 is 2.00 bits per heavy atom. The summed E-state index contributed by atoms with van der Waals surface area (Å²) in [6.07, 6.45) is 2.11. The predicted molar refractivity (Wildman–Crippen MR) is 74.3 cm³/mol. The van der Waals surface area contributed by atoms with E-state index in [4.69, 9.17) is 9.47 Å². The summed E-state index contributed by atoms with van der Waals surface area (Å²) in [6.45, 7) is 3.68. The molecule has 3 nitrogen and oxygen atoms in total. The highest BCUT2D eigenvalue weighted by Crippen LogP contribution is 2.25. The third kappa shape index (κ3) is 5.33. The van der Waals surface area contributed by atoms with Gasteiger partial charge < -0.3 is 14.8 Å². The number of ether oxygens (including phenoxy) is 2. The van der Waals surface area contributed by atoms with Gasteiger partial charge in [0.05, 0.1) is 7.11 Å². The van der Waals surface area contributed by atoms with E-state index in [0.717, 1.165) is 23.8 Å². The van der Waals surface area contributed by atoms with Crippen molar-refractivity contribution in [3.05, 3.63) is 24.3 Å². The third-order valence-corrected chi connectivity index (χ3v) is 3.17. The molecule has 0 aliphatic heterocycles. The molecule has 0 aliphatic rings. The van der Waals surface area contributed by atoms with Gasteiger partial charge in [0.15, 0.2) is 11.5 Å². The quantitative estimate of drug-likeness (QED) is 0.723. The number of benzene rings is 1. The van der Waals surface area contributed by atoms with Crippen LogP contribution >= 0.6 is 11.8 Å². The van der Waals surface area contributed by atoms with E-state index >= 15 is 0 Å². The van der Waals surface area contributed by atoms with Crippen LogP contribution in [0.5, 0.6) is 11.5 Å². The fraction of sp³-hybridized carbons (Fsp3) is 0.538. The summed E-state index contributed by atoms with van der Waals surface area (Å²) >= 11 is 1.85. The molecule has 0 heterocycles. The van der Waals surface area contributed by atoms with Crippen LogP contribution in [0.3, 0.4) is 0 Å². The van der Waals surface area contributed by atoms with E-state index in [0.29, 0.717) is 12.6 Å². The number of methoxy groups -OCH3 is 1. The molecule has 1 rings (SSSR count). The van der Waals surface area contributed by atoms with E-state index in [1.165, 1.54) is 0 Å². The Balaban J connectivity index is 2.26. The first-order chi connectivity index (χ1) is 8.27. The highest BCUT2D eigenvalue weighted by Gasteiger charge is 2.03. The molecule has 96 valence electrons. The zero-order valence-corrected chi connectivity index (χ0v) is 11.5. The minimum Gasteiger partial charge on any atom is -0.493 e. The molecule has 0 radical (unpaired) electrons. The Labute approximate surface area is 108 Å². The molecule has 0 saturated heterocycles. The number of hydrogen-bond donors (Lipinski definition) is 1. The first-order valence-corrected chi connectivity index (χ1v) is 7.15. The number of hydrogen-bond acceptors (Lipinski definition) is 4. The second-order valence-electron chi connectivity index (χ2n) is 3.81. The third-order valence-electron chi connectivity index (χ3n) is 2.34. The Hall–Kier alpha value is -0.870. The minimum atomic E-state index is 0.520. The van der Waals surface area contributed by atoms with Crippen LogP contribution in [-0.4, -0.2) is 38.3 Å². The molecule has 1 aromatic carbocycles. The lowest BCUT2D eigenvalue weighted by atomic mass is 10.3. The first-order valence-electron chi connectivity index (χ1n) is 5.76. The second kappa shape index (κ2) is 8.25. The monoisotopic (exact) mass is 255 g/mol. The van der Waals surface area contributed by atoms with Crippen molar-refractivity contribution >= 4 is 11.8 Å². The van der Waals surface area contributed by atoms with E-state index in [1.54, 1.807) is 7.11 Å². The highest BCUT2D eigenvalue weighted by molar-refractivity contribution is 7.98. The van der Waals surface area contributed by atoms with Crippen LogP contribution < -0.4 is 14.8 Å². The zero-order valence-electron chi connectivity index (χ0n) is 10.7. The summed E-state index contributed by atoms with van der Waals surface area (Å²) in [4.78, 5) is 0. The van der Waals surface area contributed by atoms with Crippen LogP contribution in [0.1, 0.15) is 6.92 Å². The maximum absolute atomic E-state index is 5.66. The molecule has 0 saturated carbocycles. The molecule has 0 spiro atoms. The van der Waals surface area contributed by atoms with Crippen LogP contribution in [-0.2, 0) is 0 Å². The lowest BCUT2D eigenvalue weighted by Crippen LogP contribution is -2.31. The first kappa shape index (κ1) is 14.2. The summed E-state index contributed by atoms with van der Waals surface area (Å²) in [5.41, 5.74) is 0. The van der Waals surface area contributed by atoms with Gasteiger partial charge in [0, 0.05) is 18.3 Å². The fourth-order valence-corrected chi connectivity index (χ4v) is 2.13. The Bertz CT molecular complexity index is 320. The molecule has 0 fully saturated rings. The lowest BCUT2D eigenvalue weighted by molar-refractivity contribution is 0.289. The summed E-state index contributed by atoms with van der Waals surface area (Å²) in [5, 5.41) is 3.40. The molecule has 0 aromatic heterocycles. The number of nitrogens with one attached hydrogen (secondary N) is 1. The van der Waals surface area contributed by atoms with E-state index < -0.39 is 0 Å². The van der Waals surface area contributed by atoms with Crippen LogP contribution in [0.25, 0.3) is 0 Å². The van der Waals surface area contributed by atoms with Crippen molar-refractivity contribution in [2.24, 2.45) is 0 Å². The zero-order chi connectivity index (χ0) is 12.5. The average Bonchev–Trinajstić information content (AvgIpc) is 2.35. The van der Waals surface area contributed by atoms with Gasteiger partial charge in [-0.25, -0.2) is 0 Å². The molecule has 1 aromatic rings. The van der Waals surface area contributed by atoms with Crippen LogP contribution in [0, 0.1) is 0 Å². The normalized spacial score (nSPS) is 12.2. The van der Waals surface area contributed by atoms with Crippen molar-refractivity contribution in [3.63, 3.8) is 0 Å². The van der Waals surface area contributed by atoms with Gasteiger partial charge in [0.1, 0.15) is 6.61 Å². The summed E-state index contributed by atoms with van der Waals surface area (Å²) in [6, 6.07) is 8.22. The molecule has 1 unspecified atom stereocenters. The average molecular weight is 255 g/mol. The Morgan fingerprint density at radius 3 is 2.65 bits per heavy atom. The number of rotatable bonds is 8. The molecule has 0 aliphatic carbocycles. The molecule has 1 atom stereocenters. The number of thioether (sulfide) groups is 1. The maximum Gasteiger partial charge on any atom is 0.161 e. The van der Waals surface area contributed by atoms with E-state index in [9.17, 15) is 0 Å². The topological polar surface area (TPSA) is 30.5 Å². The summed E-state index contributed by atoms with van der Waals surface area (Å²) in [7, 11) is 1.65. The molecular formula is C13H21NO2S. The van der Waals surface area contributed by atoms with Gasteiger partial charge in [-0.2, -0.15) is 11.8 Å². The van der Waals surface area contributed by atoms with Gasteiger partial charge in [-0.05, 0) is 25.3 Å². The second-order valence-corrected chi connectivity index (χ2v) is 4.72. The van der Waals surface area contributed by atoms with Crippen molar-refractivity contribution in [2.45, 2.75) is 13.0 Å². The Morgan fingerprint density at radius 1 is 1.29 bits per heavy atom. The van der Waals surface area contributed by atoms with E-state index in [-0.39, 0.29) is 0 Å². The van der Waals surface area contributed by atoms with Crippen molar-refractivity contribution in [3.8, 4) is 11.5 Å². The van der Waals surface area contributed by atoms with Gasteiger partial charge in [-0.1, -0.05) is 12.1 Å². The van der Waals surface area contributed by atoms with Gasteiger partial charge in [-0.15, -0.1) is 0 Å². The molecule has 1 N–H and O–H groups in total. The van der Waals surface area contributed by atoms with Crippen LogP contribution in [0.4, 0.5) is 0 Å². The number of para-hydroxylation sites is 2. The van der Waals surface area contributed by atoms with Crippen molar-refractivity contribution < 1.29 is 9.47 Å². The molecular weight excluding hydrogens is 234 g/mol. The molecule has 0 amide bonds. The smallest absolute Gasteiger partial charge is 0.161 e. The fourth-order valence-electron chi connectivity index (χ4n) is 1.51. The largest absolute Gasteiger partial charge is 0.493 e. The SMILES string of the molecule is COc1ccccc1OCCNC(C)CSC. The van der Waals surface area contributed by atoms with E-state index in [1.807, 2.05) is 36.0 Å². The maximum atomic E-state index is 5.66. The lowest BCUT2D eigenvalue weighted by Gasteiger charge is -2.14. The van der Waals surface area contributed by atoms with Gasteiger partial charge >= 0.3 is 0 Å². The van der Waals surface area contributed by atoms with Crippen LogP contribution in [0.2, 0.25) is 0 Å². The van der Waals surface area contributed by atoms with Crippen molar-refractivity contribution in [1.29, 1.82) is 0 Å². The standard InChI is InChI=1S/C13H21NO2S/c1-11(10-17-3)14-8-9-16-13-7-5-4-6-12(13)15-2/h4-7,11,14H,8-10H2,1-3H3. The van der Waals surface area contributed by atoms with Crippen molar-refractivity contribution in [1.82, 2.24) is 5.32 Å². The molecule has 4 heteroatoms. The van der Waals surface area contributed by atoms with Gasteiger partial charge in [0.25, 0.3) is 0 Å². The minimum absolute atomic E-state index is 0.520. The van der Waals surface area contributed by atoms with Gasteiger partial charge in [-0.3, -0.25) is 0 Å². The molecule has 0 bridgehead atoms. The van der Waals surface area contributed by atoms with Crippen LogP contribution in [0.15, 0.2) is 24.3 Å². The van der Waals surface area contributed by atoms with Gasteiger partial charge in [0.2, 0.25) is 0 Å². The van der Waals surface area contributed by atoms with Crippen molar-refractivity contribution in [2.75, 3.05) is 32.3 Å². The Kier molecular flexibility index (Phi) is 6.89. The predicted octanol–water partition coefficient (Wildman–Crippen LogP) is 2.42.